The van der Waals surface area contributed by atoms with Crippen LogP contribution >= 0.6 is 11.6 Å². The van der Waals surface area contributed by atoms with E-state index in [1.807, 2.05) is 0 Å². The number of rotatable bonds is 3. The molecule has 9 heteroatoms. The van der Waals surface area contributed by atoms with Gasteiger partial charge in [-0.3, -0.25) is 14.8 Å². The first-order chi connectivity index (χ1) is 12.8. The number of benzene rings is 1. The molecule has 1 aliphatic rings. The summed E-state index contributed by atoms with van der Waals surface area (Å²) >= 11 is 6.02. The fourth-order valence-corrected chi connectivity index (χ4v) is 3.70. The molecule has 1 aromatic carbocycles. The Hall–Kier alpha value is -2.58. The van der Waals surface area contributed by atoms with Gasteiger partial charge in [0.05, 0.1) is 22.8 Å². The summed E-state index contributed by atoms with van der Waals surface area (Å²) in [6.45, 7) is -1.13. The molecule has 0 saturated heterocycles. The summed E-state index contributed by atoms with van der Waals surface area (Å²) in [4.78, 5) is 18.6. The van der Waals surface area contributed by atoms with Crippen LogP contribution in [0.25, 0.3) is 11.0 Å². The van der Waals surface area contributed by atoms with Gasteiger partial charge in [-0.2, -0.15) is 13.2 Å². The molecule has 27 heavy (non-hydrogen) atoms. The third kappa shape index (κ3) is 3.04. The number of hydrogen-bond acceptors (Lipinski definition) is 4. The van der Waals surface area contributed by atoms with E-state index in [4.69, 9.17) is 11.6 Å². The third-order valence-electron chi connectivity index (χ3n) is 4.64. The number of anilines is 1. The van der Waals surface area contributed by atoms with Gasteiger partial charge < -0.3 is 4.98 Å². The summed E-state index contributed by atoms with van der Waals surface area (Å²) in [5, 5.41) is 3.03. The number of hydrogen-bond donors (Lipinski definition) is 1. The van der Waals surface area contributed by atoms with Gasteiger partial charge in [-0.1, -0.05) is 17.7 Å². The number of pyridine rings is 1. The molecule has 1 aliphatic heterocycles. The van der Waals surface area contributed by atoms with Crippen molar-refractivity contribution in [1.82, 2.24) is 15.0 Å². The number of aldehydes is 1. The van der Waals surface area contributed by atoms with E-state index in [1.165, 1.54) is 17.3 Å². The van der Waals surface area contributed by atoms with Crippen molar-refractivity contribution in [1.29, 1.82) is 0 Å². The summed E-state index contributed by atoms with van der Waals surface area (Å²) in [7, 11) is 1.59. The zero-order chi connectivity index (χ0) is 19.3. The monoisotopic (exact) mass is 394 g/mol. The van der Waals surface area contributed by atoms with Crippen molar-refractivity contribution < 1.29 is 18.0 Å². The van der Waals surface area contributed by atoms with Crippen LogP contribution in [0, 0.1) is 0 Å². The molecular formula is C18H14ClF3N4O. The highest BCUT2D eigenvalue weighted by Gasteiger charge is 2.41. The van der Waals surface area contributed by atoms with Gasteiger partial charge in [-0.05, 0) is 24.3 Å². The van der Waals surface area contributed by atoms with Crippen molar-refractivity contribution in [3.63, 3.8) is 0 Å². The lowest BCUT2D eigenvalue weighted by Gasteiger charge is -2.30. The average Bonchev–Trinajstić information content (AvgIpc) is 3.13. The van der Waals surface area contributed by atoms with E-state index in [9.17, 15) is 18.0 Å². The van der Waals surface area contributed by atoms with E-state index in [0.29, 0.717) is 44.9 Å². The molecule has 0 saturated carbocycles. The maximum atomic E-state index is 13.1. The predicted molar refractivity (Wildman–Crippen MR) is 95.9 cm³/mol. The maximum Gasteiger partial charge on any atom is 0.407 e. The second kappa shape index (κ2) is 6.24. The molecule has 140 valence electrons. The SMILES string of the molecule is CN1C(c2cc3nccc(C=O)c3[nH]2)c2ccc(Cl)cc2N1CC(F)(F)F. The van der Waals surface area contributed by atoms with Gasteiger partial charge in [0, 0.05) is 35.1 Å². The van der Waals surface area contributed by atoms with Gasteiger partial charge in [-0.25, -0.2) is 5.01 Å². The number of H-pyrrole nitrogens is 1. The van der Waals surface area contributed by atoms with E-state index in [-0.39, 0.29) is 0 Å². The van der Waals surface area contributed by atoms with Gasteiger partial charge in [0.1, 0.15) is 6.54 Å². The topological polar surface area (TPSA) is 52.2 Å². The number of nitrogens with one attached hydrogen (secondary N) is 1. The van der Waals surface area contributed by atoms with Crippen LogP contribution in [0.1, 0.15) is 27.7 Å². The molecule has 1 N–H and O–H groups in total. The van der Waals surface area contributed by atoms with Crippen LogP contribution in [-0.4, -0.2) is 41.0 Å². The minimum atomic E-state index is -4.38. The van der Waals surface area contributed by atoms with E-state index in [1.54, 1.807) is 31.3 Å². The Bertz CT molecular complexity index is 1030. The summed E-state index contributed by atoms with van der Waals surface area (Å²) in [6.07, 6.45) is -2.15. The first-order valence-corrected chi connectivity index (χ1v) is 8.45. The number of aromatic nitrogens is 2. The molecule has 0 bridgehead atoms. The highest BCUT2D eigenvalue weighted by atomic mass is 35.5. The second-order valence-corrected chi connectivity index (χ2v) is 6.79. The highest BCUT2D eigenvalue weighted by molar-refractivity contribution is 6.30. The number of hydrazine groups is 1. The Kier molecular flexibility index (Phi) is 4.12. The fraction of sp³-hybridized carbons (Fsp3) is 0.222. The van der Waals surface area contributed by atoms with Crippen LogP contribution in [0.3, 0.4) is 0 Å². The number of nitrogens with zero attached hydrogens (tertiary/aromatic N) is 3. The molecule has 0 radical (unpaired) electrons. The Morgan fingerprint density at radius 1 is 1.30 bits per heavy atom. The van der Waals surface area contributed by atoms with Crippen LogP contribution in [0.15, 0.2) is 36.5 Å². The molecule has 2 aromatic heterocycles. The van der Waals surface area contributed by atoms with Gasteiger partial charge >= 0.3 is 6.18 Å². The Morgan fingerprint density at radius 3 is 2.78 bits per heavy atom. The van der Waals surface area contributed by atoms with Crippen molar-refractivity contribution in [2.24, 2.45) is 0 Å². The van der Waals surface area contributed by atoms with Crippen LogP contribution in [0.2, 0.25) is 5.02 Å². The van der Waals surface area contributed by atoms with Crippen LogP contribution < -0.4 is 5.01 Å². The third-order valence-corrected chi connectivity index (χ3v) is 4.88. The van der Waals surface area contributed by atoms with Crippen molar-refractivity contribution in [3.8, 4) is 0 Å². The van der Waals surface area contributed by atoms with Crippen molar-refractivity contribution in [2.75, 3.05) is 18.6 Å². The minimum Gasteiger partial charge on any atom is -0.355 e. The van der Waals surface area contributed by atoms with Gasteiger partial charge in [0.2, 0.25) is 0 Å². The molecule has 0 aliphatic carbocycles. The normalized spacial score (nSPS) is 17.5. The summed E-state index contributed by atoms with van der Waals surface area (Å²) < 4.78 is 39.3. The van der Waals surface area contributed by atoms with E-state index >= 15 is 0 Å². The van der Waals surface area contributed by atoms with Crippen molar-refractivity contribution in [3.05, 3.63) is 58.4 Å². The maximum absolute atomic E-state index is 13.1. The Morgan fingerprint density at radius 2 is 2.07 bits per heavy atom. The van der Waals surface area contributed by atoms with E-state index < -0.39 is 18.8 Å². The molecule has 0 amide bonds. The number of carbonyl (C=O) groups is 1. The van der Waals surface area contributed by atoms with Gasteiger partial charge in [-0.15, -0.1) is 0 Å². The molecule has 1 atom stereocenters. The van der Waals surface area contributed by atoms with Gasteiger partial charge in [0.15, 0.2) is 6.29 Å². The predicted octanol–water partition coefficient (Wildman–Crippen LogP) is 4.35. The first kappa shape index (κ1) is 17.8. The van der Waals surface area contributed by atoms with Crippen molar-refractivity contribution >= 4 is 34.6 Å². The molecule has 3 aromatic rings. The number of alkyl halides is 3. The average molecular weight is 395 g/mol. The standard InChI is InChI=1S/C18H14ClF3N4O/c1-25-17(14-7-13-16(24-14)10(8-27)4-5-23-13)12-3-2-11(19)6-15(12)26(25)9-18(20,21)22/h2-8,17,24H,9H2,1H3. The second-order valence-electron chi connectivity index (χ2n) is 6.36. The smallest absolute Gasteiger partial charge is 0.355 e. The summed E-state index contributed by atoms with van der Waals surface area (Å²) in [5.74, 6) is 0. The highest BCUT2D eigenvalue weighted by Crippen LogP contribution is 2.45. The summed E-state index contributed by atoms with van der Waals surface area (Å²) in [6, 6.07) is 7.73. The van der Waals surface area contributed by atoms with E-state index in [2.05, 4.69) is 9.97 Å². The fourth-order valence-electron chi connectivity index (χ4n) is 3.53. The quantitative estimate of drug-likeness (QED) is 0.671. The first-order valence-electron chi connectivity index (χ1n) is 8.08. The lowest BCUT2D eigenvalue weighted by atomic mass is 10.0. The molecule has 1 unspecified atom stereocenters. The zero-order valence-electron chi connectivity index (χ0n) is 14.1. The minimum absolute atomic E-state index is 0.358. The molecule has 4 rings (SSSR count). The summed E-state index contributed by atoms with van der Waals surface area (Å²) in [5.41, 5.74) is 3.30. The molecule has 0 fully saturated rings. The number of halogens is 4. The Balaban J connectivity index is 1.85. The lowest BCUT2D eigenvalue weighted by Crippen LogP contribution is -2.43. The van der Waals surface area contributed by atoms with Crippen LogP contribution in [0.4, 0.5) is 18.9 Å². The molecule has 5 nitrogen and oxygen atoms in total. The molecular weight excluding hydrogens is 381 g/mol. The van der Waals surface area contributed by atoms with E-state index in [0.717, 1.165) is 5.01 Å². The van der Waals surface area contributed by atoms with Gasteiger partial charge in [0.25, 0.3) is 0 Å². The molecule has 0 spiro atoms. The number of carbonyl (C=O) groups excluding carboxylic acids is 1. The van der Waals surface area contributed by atoms with Crippen molar-refractivity contribution in [2.45, 2.75) is 12.2 Å². The lowest BCUT2D eigenvalue weighted by molar-refractivity contribution is -0.125. The van der Waals surface area contributed by atoms with Crippen LogP contribution in [0.5, 0.6) is 0 Å². The zero-order valence-corrected chi connectivity index (χ0v) is 14.8. The number of aromatic amines is 1. The Labute approximate surface area is 157 Å². The largest absolute Gasteiger partial charge is 0.407 e. The van der Waals surface area contributed by atoms with Crippen LogP contribution in [-0.2, 0) is 0 Å². The molecule has 3 heterocycles. The number of fused-ring (bicyclic) bond motifs is 2.